The van der Waals surface area contributed by atoms with E-state index >= 15 is 0 Å². The topological polar surface area (TPSA) is 71.5 Å². The molecule has 0 spiro atoms. The standard InChI is InChI=1S/C23H31N5O3/c1-19-3-2-4-20(15-19)26-24-18-21-16-22(28-8-12-30-13-9-28)17-23(25-21)31-14-7-27-5-10-29-11-6-27/h2-4,15-18,26H,5-14H2,1H3/b24-18-. The van der Waals surface area contributed by atoms with Gasteiger partial charge in [-0.05, 0) is 30.7 Å². The third-order valence-electron chi connectivity index (χ3n) is 5.35. The molecule has 0 unspecified atom stereocenters. The molecule has 0 bridgehead atoms. The quantitative estimate of drug-likeness (QED) is 0.514. The number of rotatable bonds is 8. The highest BCUT2D eigenvalue weighted by Gasteiger charge is 2.15. The van der Waals surface area contributed by atoms with Gasteiger partial charge in [-0.15, -0.1) is 0 Å². The zero-order valence-electron chi connectivity index (χ0n) is 18.1. The molecule has 2 saturated heterocycles. The van der Waals surface area contributed by atoms with Crippen LogP contribution in [0.1, 0.15) is 11.3 Å². The number of hydrazone groups is 1. The fraction of sp³-hybridized carbons (Fsp3) is 0.478. The second kappa shape index (κ2) is 11.1. The van der Waals surface area contributed by atoms with Crippen LogP contribution in [0, 0.1) is 6.92 Å². The van der Waals surface area contributed by atoms with Gasteiger partial charge in [0, 0.05) is 44.5 Å². The third kappa shape index (κ3) is 6.65. The highest BCUT2D eigenvalue weighted by Crippen LogP contribution is 2.22. The lowest BCUT2D eigenvalue weighted by Gasteiger charge is -2.29. The molecule has 31 heavy (non-hydrogen) atoms. The van der Waals surface area contributed by atoms with Gasteiger partial charge in [-0.2, -0.15) is 5.10 Å². The highest BCUT2D eigenvalue weighted by atomic mass is 16.5. The highest BCUT2D eigenvalue weighted by molar-refractivity contribution is 5.80. The van der Waals surface area contributed by atoms with Gasteiger partial charge in [0.05, 0.1) is 44.0 Å². The van der Waals surface area contributed by atoms with Gasteiger partial charge in [0.1, 0.15) is 6.61 Å². The number of hydrogen-bond donors (Lipinski definition) is 1. The predicted molar refractivity (Wildman–Crippen MR) is 122 cm³/mol. The lowest BCUT2D eigenvalue weighted by atomic mass is 10.2. The maximum atomic E-state index is 6.03. The molecular weight excluding hydrogens is 394 g/mol. The Morgan fingerprint density at radius 1 is 1.06 bits per heavy atom. The molecule has 4 rings (SSSR count). The number of aryl methyl sites for hydroxylation is 1. The van der Waals surface area contributed by atoms with Crippen LogP contribution in [0.4, 0.5) is 11.4 Å². The number of hydrogen-bond acceptors (Lipinski definition) is 8. The first-order valence-electron chi connectivity index (χ1n) is 10.9. The molecule has 1 aromatic heterocycles. The van der Waals surface area contributed by atoms with Crippen LogP contribution < -0.4 is 15.1 Å². The maximum Gasteiger partial charge on any atom is 0.215 e. The second-order valence-corrected chi connectivity index (χ2v) is 7.73. The van der Waals surface area contributed by atoms with Crippen molar-refractivity contribution in [1.82, 2.24) is 9.88 Å². The van der Waals surface area contributed by atoms with E-state index in [0.29, 0.717) is 12.5 Å². The van der Waals surface area contributed by atoms with Crippen molar-refractivity contribution in [2.75, 3.05) is 76.1 Å². The number of anilines is 2. The number of nitrogens with zero attached hydrogens (tertiary/aromatic N) is 4. The molecule has 166 valence electrons. The summed E-state index contributed by atoms with van der Waals surface area (Å²) in [6, 6.07) is 12.2. The van der Waals surface area contributed by atoms with Crippen LogP contribution in [-0.2, 0) is 9.47 Å². The first-order valence-corrected chi connectivity index (χ1v) is 10.9. The normalized spacial score (nSPS) is 17.8. The number of morpholine rings is 2. The number of aromatic nitrogens is 1. The SMILES string of the molecule is Cc1cccc(N/N=C\c2cc(N3CCOCC3)cc(OCCN3CCOCC3)n2)c1. The van der Waals surface area contributed by atoms with E-state index in [9.17, 15) is 0 Å². The van der Waals surface area contributed by atoms with Crippen LogP contribution >= 0.6 is 0 Å². The molecule has 1 aromatic carbocycles. The van der Waals surface area contributed by atoms with Crippen LogP contribution in [0.5, 0.6) is 5.88 Å². The van der Waals surface area contributed by atoms with E-state index in [1.807, 2.05) is 24.3 Å². The molecule has 2 aliphatic heterocycles. The predicted octanol–water partition coefficient (Wildman–Crippen LogP) is 2.38. The first-order chi connectivity index (χ1) is 15.3. The Kier molecular flexibility index (Phi) is 7.71. The Hall–Kier alpha value is -2.68. The first kappa shape index (κ1) is 21.5. The summed E-state index contributed by atoms with van der Waals surface area (Å²) in [6.07, 6.45) is 1.74. The van der Waals surface area contributed by atoms with E-state index in [4.69, 9.17) is 14.2 Å². The van der Waals surface area contributed by atoms with Gasteiger partial charge in [-0.3, -0.25) is 10.3 Å². The summed E-state index contributed by atoms with van der Waals surface area (Å²) in [5.74, 6) is 0.620. The molecule has 0 amide bonds. The zero-order chi connectivity index (χ0) is 21.3. The molecule has 0 atom stereocenters. The Balaban J connectivity index is 1.43. The molecule has 2 aliphatic rings. The average Bonchev–Trinajstić information content (AvgIpc) is 2.80. The number of benzene rings is 1. The summed E-state index contributed by atoms with van der Waals surface area (Å²) >= 11 is 0. The molecular formula is C23H31N5O3. The number of ether oxygens (including phenoxy) is 3. The van der Waals surface area contributed by atoms with Gasteiger partial charge in [0.25, 0.3) is 0 Å². The van der Waals surface area contributed by atoms with E-state index in [1.54, 1.807) is 6.21 Å². The molecule has 2 aromatic rings. The van der Waals surface area contributed by atoms with Gasteiger partial charge in [-0.1, -0.05) is 12.1 Å². The van der Waals surface area contributed by atoms with Crippen molar-refractivity contribution in [3.8, 4) is 5.88 Å². The van der Waals surface area contributed by atoms with Crippen LogP contribution in [0.3, 0.4) is 0 Å². The number of nitrogens with one attached hydrogen (secondary N) is 1. The molecule has 0 saturated carbocycles. The summed E-state index contributed by atoms with van der Waals surface area (Å²) in [5, 5.41) is 4.38. The van der Waals surface area contributed by atoms with Gasteiger partial charge in [0.2, 0.25) is 5.88 Å². The van der Waals surface area contributed by atoms with Crippen molar-refractivity contribution in [2.45, 2.75) is 6.92 Å². The smallest absolute Gasteiger partial charge is 0.215 e. The van der Waals surface area contributed by atoms with E-state index in [0.717, 1.165) is 76.2 Å². The van der Waals surface area contributed by atoms with Crippen LogP contribution in [0.15, 0.2) is 41.5 Å². The van der Waals surface area contributed by atoms with Crippen LogP contribution in [-0.4, -0.2) is 81.9 Å². The van der Waals surface area contributed by atoms with Crippen LogP contribution in [0.2, 0.25) is 0 Å². The minimum Gasteiger partial charge on any atom is -0.476 e. The van der Waals surface area contributed by atoms with Gasteiger partial charge in [0.15, 0.2) is 0 Å². The third-order valence-corrected chi connectivity index (χ3v) is 5.35. The Morgan fingerprint density at radius 2 is 1.84 bits per heavy atom. The Bertz CT molecular complexity index is 864. The summed E-state index contributed by atoms with van der Waals surface area (Å²) < 4.78 is 16.9. The lowest BCUT2D eigenvalue weighted by Crippen LogP contribution is -2.38. The lowest BCUT2D eigenvalue weighted by molar-refractivity contribution is 0.0320. The molecule has 0 radical (unpaired) electrons. The molecule has 0 aliphatic carbocycles. The number of pyridine rings is 1. The minimum atomic E-state index is 0.595. The van der Waals surface area contributed by atoms with Gasteiger partial charge < -0.3 is 19.1 Å². The van der Waals surface area contributed by atoms with E-state index in [-0.39, 0.29) is 0 Å². The fourth-order valence-electron chi connectivity index (χ4n) is 3.65. The Morgan fingerprint density at radius 3 is 2.61 bits per heavy atom. The largest absolute Gasteiger partial charge is 0.476 e. The second-order valence-electron chi connectivity index (χ2n) is 7.73. The summed E-state index contributed by atoms with van der Waals surface area (Å²) in [4.78, 5) is 9.29. The van der Waals surface area contributed by atoms with Crippen molar-refractivity contribution in [2.24, 2.45) is 5.10 Å². The maximum absolute atomic E-state index is 6.03. The van der Waals surface area contributed by atoms with Crippen molar-refractivity contribution < 1.29 is 14.2 Å². The summed E-state index contributed by atoms with van der Waals surface area (Å²) in [5.41, 5.74) is 7.04. The Labute approximate surface area is 183 Å². The van der Waals surface area contributed by atoms with Gasteiger partial charge >= 0.3 is 0 Å². The molecule has 1 N–H and O–H groups in total. The summed E-state index contributed by atoms with van der Waals surface area (Å²) in [7, 11) is 0. The van der Waals surface area contributed by atoms with Crippen molar-refractivity contribution in [3.05, 3.63) is 47.7 Å². The average molecular weight is 426 g/mol. The van der Waals surface area contributed by atoms with Crippen molar-refractivity contribution in [3.63, 3.8) is 0 Å². The summed E-state index contributed by atoms with van der Waals surface area (Å²) in [6.45, 7) is 10.2. The van der Waals surface area contributed by atoms with E-state index < -0.39 is 0 Å². The molecule has 8 heteroatoms. The molecule has 8 nitrogen and oxygen atoms in total. The van der Waals surface area contributed by atoms with E-state index in [2.05, 4.69) is 44.4 Å². The monoisotopic (exact) mass is 425 g/mol. The molecule has 3 heterocycles. The zero-order valence-corrected chi connectivity index (χ0v) is 18.1. The van der Waals surface area contributed by atoms with Gasteiger partial charge in [-0.25, -0.2) is 4.98 Å². The van der Waals surface area contributed by atoms with Crippen molar-refractivity contribution >= 4 is 17.6 Å². The van der Waals surface area contributed by atoms with Crippen LogP contribution in [0.25, 0.3) is 0 Å². The van der Waals surface area contributed by atoms with E-state index in [1.165, 1.54) is 5.56 Å². The minimum absolute atomic E-state index is 0.595. The molecule has 2 fully saturated rings. The fourth-order valence-corrected chi connectivity index (χ4v) is 3.65. The van der Waals surface area contributed by atoms with Crippen molar-refractivity contribution in [1.29, 1.82) is 0 Å².